The molecule has 0 saturated heterocycles. The molecule has 160 valence electrons. The van der Waals surface area contributed by atoms with E-state index in [4.69, 9.17) is 0 Å². The van der Waals surface area contributed by atoms with Gasteiger partial charge in [-0.1, -0.05) is 45.8 Å². The third-order valence-electron chi connectivity index (χ3n) is 5.39. The summed E-state index contributed by atoms with van der Waals surface area (Å²) in [5.74, 6) is 0.304. The molecule has 0 aliphatic rings. The van der Waals surface area contributed by atoms with Crippen LogP contribution in [0.5, 0.6) is 11.8 Å². The van der Waals surface area contributed by atoms with Gasteiger partial charge < -0.3 is 15.5 Å². The number of allylic oxidation sites excluding steroid dienone is 1. The standard InChI is InChI=1S/C23H40N2O3/c1-10-17(15(2)3)13-24-19(26)12-22(6,7)14-23(8,9)25-20(27)11-18(16(4)5)21(25)28/h11,16,27-28H,10,12-14H2,1-9H3,(H,24,26). The maximum absolute atomic E-state index is 12.5. The molecule has 0 spiro atoms. The van der Waals surface area contributed by atoms with Crippen molar-refractivity contribution in [2.45, 2.75) is 93.0 Å². The maximum atomic E-state index is 12.5. The molecule has 0 fully saturated rings. The van der Waals surface area contributed by atoms with E-state index in [0.29, 0.717) is 19.4 Å². The summed E-state index contributed by atoms with van der Waals surface area (Å²) in [5.41, 5.74) is 2.40. The molecule has 5 heteroatoms. The van der Waals surface area contributed by atoms with Crippen molar-refractivity contribution in [2.24, 2.45) is 5.41 Å². The van der Waals surface area contributed by atoms with Crippen LogP contribution >= 0.6 is 0 Å². The highest BCUT2D eigenvalue weighted by atomic mass is 16.3. The number of hydrogen-bond acceptors (Lipinski definition) is 3. The normalized spacial score (nSPS) is 12.4. The van der Waals surface area contributed by atoms with E-state index in [-0.39, 0.29) is 29.0 Å². The minimum Gasteiger partial charge on any atom is -0.494 e. The lowest BCUT2D eigenvalue weighted by atomic mass is 9.77. The zero-order valence-electron chi connectivity index (χ0n) is 19.2. The van der Waals surface area contributed by atoms with Gasteiger partial charge in [0.25, 0.3) is 0 Å². The summed E-state index contributed by atoms with van der Waals surface area (Å²) in [5, 5.41) is 24.1. The number of aromatic hydroxyl groups is 2. The Bertz CT molecular complexity index is 720. The first kappa shape index (κ1) is 24.1. The Morgan fingerprint density at radius 2 is 1.75 bits per heavy atom. The third-order valence-corrected chi connectivity index (χ3v) is 5.39. The van der Waals surface area contributed by atoms with Gasteiger partial charge in [0.2, 0.25) is 5.91 Å². The van der Waals surface area contributed by atoms with Crippen molar-refractivity contribution in [1.82, 2.24) is 9.88 Å². The Morgan fingerprint density at radius 3 is 2.18 bits per heavy atom. The Balaban J connectivity index is 2.90. The molecule has 0 radical (unpaired) electrons. The smallest absolute Gasteiger partial charge is 0.220 e. The van der Waals surface area contributed by atoms with Gasteiger partial charge in [0, 0.05) is 30.1 Å². The van der Waals surface area contributed by atoms with E-state index >= 15 is 0 Å². The van der Waals surface area contributed by atoms with Crippen LogP contribution in [-0.2, 0) is 10.3 Å². The summed E-state index contributed by atoms with van der Waals surface area (Å²) >= 11 is 0. The fraction of sp³-hybridized carbons (Fsp3) is 0.696. The molecule has 1 aromatic rings. The molecule has 0 saturated carbocycles. The van der Waals surface area contributed by atoms with Gasteiger partial charge in [0.05, 0.1) is 0 Å². The quantitative estimate of drug-likeness (QED) is 0.491. The van der Waals surface area contributed by atoms with Crippen molar-refractivity contribution in [3.8, 4) is 11.8 Å². The number of carbonyl (C=O) groups is 1. The van der Waals surface area contributed by atoms with Crippen LogP contribution in [0.25, 0.3) is 0 Å². The lowest BCUT2D eigenvalue weighted by Crippen LogP contribution is -2.36. The van der Waals surface area contributed by atoms with Crippen LogP contribution < -0.4 is 5.32 Å². The monoisotopic (exact) mass is 392 g/mol. The summed E-state index contributed by atoms with van der Waals surface area (Å²) in [6.07, 6.45) is 1.95. The summed E-state index contributed by atoms with van der Waals surface area (Å²) in [4.78, 5) is 12.5. The molecule has 0 aromatic carbocycles. The molecule has 1 rings (SSSR count). The molecule has 0 unspecified atom stereocenters. The number of rotatable bonds is 9. The maximum Gasteiger partial charge on any atom is 0.220 e. The van der Waals surface area contributed by atoms with Crippen LogP contribution in [0, 0.1) is 5.41 Å². The lowest BCUT2D eigenvalue weighted by Gasteiger charge is -2.36. The molecule has 0 aliphatic heterocycles. The number of carbonyl (C=O) groups excluding carboxylic acids is 1. The van der Waals surface area contributed by atoms with Crippen molar-refractivity contribution < 1.29 is 15.0 Å². The predicted molar refractivity (Wildman–Crippen MR) is 116 cm³/mol. The number of hydrogen-bond donors (Lipinski definition) is 3. The van der Waals surface area contributed by atoms with Crippen LogP contribution in [0.4, 0.5) is 0 Å². The largest absolute Gasteiger partial charge is 0.494 e. The SMILES string of the molecule is CCC(CNC(=O)CC(C)(C)CC(C)(C)n1c(O)cc(C(C)C)c1O)=C(C)C. The summed E-state index contributed by atoms with van der Waals surface area (Å²) in [7, 11) is 0. The topological polar surface area (TPSA) is 74.5 Å². The highest BCUT2D eigenvalue weighted by molar-refractivity contribution is 5.76. The van der Waals surface area contributed by atoms with E-state index in [1.807, 2.05) is 27.7 Å². The van der Waals surface area contributed by atoms with Gasteiger partial charge in [-0.3, -0.25) is 9.36 Å². The van der Waals surface area contributed by atoms with Crippen molar-refractivity contribution in [3.05, 3.63) is 22.8 Å². The highest BCUT2D eigenvalue weighted by Crippen LogP contribution is 2.43. The van der Waals surface area contributed by atoms with E-state index in [9.17, 15) is 15.0 Å². The summed E-state index contributed by atoms with van der Waals surface area (Å²) < 4.78 is 1.58. The third kappa shape index (κ3) is 6.05. The van der Waals surface area contributed by atoms with Crippen LogP contribution in [0.1, 0.15) is 93.1 Å². The second-order valence-electron chi connectivity index (χ2n) is 9.84. The lowest BCUT2D eigenvalue weighted by molar-refractivity contribution is -0.123. The van der Waals surface area contributed by atoms with Crippen molar-refractivity contribution >= 4 is 5.91 Å². The molecule has 0 bridgehead atoms. The fourth-order valence-corrected chi connectivity index (χ4v) is 4.20. The Labute approximate surface area is 170 Å². The van der Waals surface area contributed by atoms with Crippen molar-refractivity contribution in [1.29, 1.82) is 0 Å². The van der Waals surface area contributed by atoms with Gasteiger partial charge in [0.1, 0.15) is 0 Å². The van der Waals surface area contributed by atoms with E-state index < -0.39 is 5.54 Å². The van der Waals surface area contributed by atoms with Gasteiger partial charge in [-0.2, -0.15) is 0 Å². The van der Waals surface area contributed by atoms with E-state index in [1.54, 1.807) is 10.6 Å². The molecule has 1 amide bonds. The van der Waals surface area contributed by atoms with Gasteiger partial charge in [-0.05, 0) is 51.9 Å². The van der Waals surface area contributed by atoms with Gasteiger partial charge in [0.15, 0.2) is 11.8 Å². The second kappa shape index (κ2) is 9.06. The first-order chi connectivity index (χ1) is 12.7. The molecular formula is C23H40N2O3. The zero-order chi connectivity index (χ0) is 21.9. The molecule has 5 nitrogen and oxygen atoms in total. The molecule has 1 heterocycles. The summed E-state index contributed by atoms with van der Waals surface area (Å²) in [6.45, 7) is 18.9. The first-order valence-electron chi connectivity index (χ1n) is 10.3. The van der Waals surface area contributed by atoms with Crippen LogP contribution in [0.3, 0.4) is 0 Å². The van der Waals surface area contributed by atoms with Crippen molar-refractivity contribution in [2.75, 3.05) is 6.54 Å². The first-order valence-corrected chi connectivity index (χ1v) is 10.3. The molecule has 0 aliphatic carbocycles. The van der Waals surface area contributed by atoms with E-state index in [1.165, 1.54) is 11.1 Å². The van der Waals surface area contributed by atoms with E-state index in [0.717, 1.165) is 12.0 Å². The van der Waals surface area contributed by atoms with Crippen molar-refractivity contribution in [3.63, 3.8) is 0 Å². The number of amides is 1. The minimum absolute atomic E-state index is 0.0248. The average Bonchev–Trinajstić information content (AvgIpc) is 2.81. The fourth-order valence-electron chi connectivity index (χ4n) is 4.20. The van der Waals surface area contributed by atoms with Gasteiger partial charge >= 0.3 is 0 Å². The summed E-state index contributed by atoms with van der Waals surface area (Å²) in [6, 6.07) is 1.63. The Kier molecular flexibility index (Phi) is 7.81. The predicted octanol–water partition coefficient (Wildman–Crippen LogP) is 5.43. The Hall–Kier alpha value is -1.91. The molecule has 28 heavy (non-hydrogen) atoms. The van der Waals surface area contributed by atoms with Crippen LogP contribution in [0.2, 0.25) is 0 Å². The number of nitrogens with one attached hydrogen (secondary N) is 1. The number of nitrogens with zero attached hydrogens (tertiary/aromatic N) is 1. The molecule has 3 N–H and O–H groups in total. The average molecular weight is 393 g/mol. The molecule has 1 aromatic heterocycles. The molecular weight excluding hydrogens is 352 g/mol. The molecule has 0 atom stereocenters. The van der Waals surface area contributed by atoms with Gasteiger partial charge in [-0.25, -0.2) is 0 Å². The Morgan fingerprint density at radius 1 is 1.18 bits per heavy atom. The van der Waals surface area contributed by atoms with Crippen LogP contribution in [-0.4, -0.2) is 27.2 Å². The van der Waals surface area contributed by atoms with Gasteiger partial charge in [-0.15, -0.1) is 0 Å². The number of aromatic nitrogens is 1. The van der Waals surface area contributed by atoms with Crippen LogP contribution in [0.15, 0.2) is 17.2 Å². The zero-order valence-corrected chi connectivity index (χ0v) is 19.2. The highest BCUT2D eigenvalue weighted by Gasteiger charge is 2.35. The second-order valence-corrected chi connectivity index (χ2v) is 9.84. The van der Waals surface area contributed by atoms with E-state index in [2.05, 4.69) is 39.9 Å². The minimum atomic E-state index is -0.542.